The summed E-state index contributed by atoms with van der Waals surface area (Å²) in [5, 5.41) is 0. The van der Waals surface area contributed by atoms with E-state index in [2.05, 4.69) is 58.4 Å². The van der Waals surface area contributed by atoms with E-state index in [1.54, 1.807) is 11.1 Å². The predicted octanol–water partition coefficient (Wildman–Crippen LogP) is 4.30. The minimum atomic E-state index is 0.513. The first-order valence-electron chi connectivity index (χ1n) is 7.80. The van der Waals surface area contributed by atoms with E-state index >= 15 is 0 Å². The third-order valence-corrected chi connectivity index (χ3v) is 4.93. The molecule has 1 aliphatic carbocycles. The molecule has 0 saturated heterocycles. The minimum absolute atomic E-state index is 0.513. The molecule has 1 nitrogen and oxygen atoms in total. The second-order valence-electron chi connectivity index (χ2n) is 6.10. The molecule has 1 aliphatic rings. The topological polar surface area (TPSA) is 26.0 Å². The van der Waals surface area contributed by atoms with Crippen LogP contribution >= 0.6 is 15.9 Å². The van der Waals surface area contributed by atoms with Gasteiger partial charge in [0.1, 0.15) is 0 Å². The van der Waals surface area contributed by atoms with E-state index in [1.165, 1.54) is 30.4 Å². The lowest BCUT2D eigenvalue weighted by molar-refractivity contribution is 0.533. The molecule has 0 saturated carbocycles. The minimum Gasteiger partial charge on any atom is -0.330 e. The lowest BCUT2D eigenvalue weighted by Crippen LogP contribution is -2.19. The van der Waals surface area contributed by atoms with Crippen molar-refractivity contribution in [1.29, 1.82) is 0 Å². The van der Waals surface area contributed by atoms with E-state index in [0.717, 1.165) is 23.9 Å². The Morgan fingerprint density at radius 2 is 1.71 bits per heavy atom. The Hall–Kier alpha value is -1.12. The van der Waals surface area contributed by atoms with Crippen LogP contribution in [0, 0.1) is 5.92 Å². The Morgan fingerprint density at radius 1 is 0.952 bits per heavy atom. The van der Waals surface area contributed by atoms with Crippen LogP contribution in [0.4, 0.5) is 0 Å². The van der Waals surface area contributed by atoms with Crippen molar-refractivity contribution in [3.63, 3.8) is 0 Å². The lowest BCUT2D eigenvalue weighted by Gasteiger charge is -2.16. The Morgan fingerprint density at radius 3 is 2.48 bits per heavy atom. The molecule has 0 bridgehead atoms. The van der Waals surface area contributed by atoms with Crippen LogP contribution in [0.2, 0.25) is 0 Å². The molecule has 21 heavy (non-hydrogen) atoms. The average molecular weight is 344 g/mol. The number of hydrogen-bond donors (Lipinski definition) is 1. The van der Waals surface area contributed by atoms with Gasteiger partial charge in [-0.05, 0) is 79.0 Å². The summed E-state index contributed by atoms with van der Waals surface area (Å²) >= 11 is 3.54. The van der Waals surface area contributed by atoms with Gasteiger partial charge in [0.2, 0.25) is 0 Å². The van der Waals surface area contributed by atoms with Crippen molar-refractivity contribution in [2.45, 2.75) is 32.1 Å². The van der Waals surface area contributed by atoms with E-state index in [4.69, 9.17) is 5.73 Å². The first kappa shape index (κ1) is 14.8. The smallest absolute Gasteiger partial charge is 0.0177 e. The molecule has 0 radical (unpaired) electrons. The van der Waals surface area contributed by atoms with E-state index < -0.39 is 0 Å². The van der Waals surface area contributed by atoms with Crippen LogP contribution < -0.4 is 5.73 Å². The van der Waals surface area contributed by atoms with Gasteiger partial charge in [-0.1, -0.05) is 46.3 Å². The summed E-state index contributed by atoms with van der Waals surface area (Å²) in [5.74, 6) is 0.513. The average Bonchev–Trinajstić information content (AvgIpc) is 2.94. The fourth-order valence-corrected chi connectivity index (χ4v) is 3.77. The number of aryl methyl sites for hydroxylation is 2. The molecule has 1 atom stereocenters. The summed E-state index contributed by atoms with van der Waals surface area (Å²) in [6.07, 6.45) is 5.95. The second kappa shape index (κ2) is 6.76. The van der Waals surface area contributed by atoms with Crippen LogP contribution in [0.5, 0.6) is 0 Å². The number of rotatable bonds is 5. The Balaban J connectivity index is 1.69. The predicted molar refractivity (Wildman–Crippen MR) is 92.6 cm³/mol. The molecule has 2 N–H and O–H groups in total. The van der Waals surface area contributed by atoms with Gasteiger partial charge >= 0.3 is 0 Å². The molecule has 0 aliphatic heterocycles. The summed E-state index contributed by atoms with van der Waals surface area (Å²) < 4.78 is 1.15. The molecule has 3 rings (SSSR count). The van der Waals surface area contributed by atoms with Crippen molar-refractivity contribution in [2.75, 3.05) is 6.54 Å². The molecule has 0 amide bonds. The molecule has 110 valence electrons. The SMILES string of the molecule is NCC(Cc1cccc(Br)c1)Cc1ccc2c(c1)CCC2. The Bertz CT molecular complexity index is 621. The Labute approximate surface area is 135 Å². The van der Waals surface area contributed by atoms with Crippen molar-refractivity contribution in [1.82, 2.24) is 0 Å². The summed E-state index contributed by atoms with van der Waals surface area (Å²) in [5.41, 5.74) is 11.9. The van der Waals surface area contributed by atoms with Gasteiger partial charge in [0.25, 0.3) is 0 Å². The highest BCUT2D eigenvalue weighted by atomic mass is 79.9. The fraction of sp³-hybridized carbons (Fsp3) is 0.368. The second-order valence-corrected chi connectivity index (χ2v) is 7.01. The zero-order valence-electron chi connectivity index (χ0n) is 12.3. The number of halogens is 1. The standard InChI is InChI=1S/C19H22BrN/c20-19-6-1-3-14(12-19)9-16(13-21)10-15-7-8-17-4-2-5-18(17)11-15/h1,3,6-8,11-12,16H,2,4-5,9-10,13,21H2. The van der Waals surface area contributed by atoms with Gasteiger partial charge < -0.3 is 5.73 Å². The fourth-order valence-electron chi connectivity index (χ4n) is 3.32. The monoisotopic (exact) mass is 343 g/mol. The largest absolute Gasteiger partial charge is 0.330 e. The third-order valence-electron chi connectivity index (χ3n) is 4.43. The molecule has 2 aromatic carbocycles. The van der Waals surface area contributed by atoms with Gasteiger partial charge in [-0.3, -0.25) is 0 Å². The van der Waals surface area contributed by atoms with Gasteiger partial charge in [-0.25, -0.2) is 0 Å². The van der Waals surface area contributed by atoms with E-state index in [0.29, 0.717) is 5.92 Å². The molecule has 2 aromatic rings. The first-order chi connectivity index (χ1) is 10.2. The summed E-state index contributed by atoms with van der Waals surface area (Å²) in [6, 6.07) is 15.6. The Kier molecular flexibility index (Phi) is 4.77. The number of benzene rings is 2. The molecule has 0 aromatic heterocycles. The zero-order valence-corrected chi connectivity index (χ0v) is 13.9. The van der Waals surface area contributed by atoms with Crippen LogP contribution in [0.3, 0.4) is 0 Å². The van der Waals surface area contributed by atoms with Crippen molar-refractivity contribution >= 4 is 15.9 Å². The van der Waals surface area contributed by atoms with Crippen LogP contribution in [0.25, 0.3) is 0 Å². The molecule has 2 heteroatoms. The van der Waals surface area contributed by atoms with E-state index in [1.807, 2.05) is 0 Å². The quantitative estimate of drug-likeness (QED) is 0.860. The van der Waals surface area contributed by atoms with Gasteiger partial charge in [0.15, 0.2) is 0 Å². The van der Waals surface area contributed by atoms with Gasteiger partial charge in [0, 0.05) is 4.47 Å². The lowest BCUT2D eigenvalue weighted by atomic mass is 9.91. The maximum atomic E-state index is 6.01. The van der Waals surface area contributed by atoms with Crippen LogP contribution in [0.15, 0.2) is 46.9 Å². The highest BCUT2D eigenvalue weighted by Crippen LogP contribution is 2.24. The third kappa shape index (κ3) is 3.75. The molecule has 0 heterocycles. The summed E-state index contributed by atoms with van der Waals surface area (Å²) in [7, 11) is 0. The molecular formula is C19H22BrN. The van der Waals surface area contributed by atoms with Crippen molar-refractivity contribution in [3.05, 3.63) is 69.2 Å². The molecular weight excluding hydrogens is 322 g/mol. The van der Waals surface area contributed by atoms with Crippen LogP contribution in [-0.2, 0) is 25.7 Å². The van der Waals surface area contributed by atoms with Gasteiger partial charge in [-0.15, -0.1) is 0 Å². The summed E-state index contributed by atoms with van der Waals surface area (Å²) in [6.45, 7) is 0.740. The maximum Gasteiger partial charge on any atom is 0.0177 e. The number of hydrogen-bond acceptors (Lipinski definition) is 1. The highest BCUT2D eigenvalue weighted by molar-refractivity contribution is 9.10. The maximum absolute atomic E-state index is 6.01. The summed E-state index contributed by atoms with van der Waals surface area (Å²) in [4.78, 5) is 0. The van der Waals surface area contributed by atoms with Crippen LogP contribution in [0.1, 0.15) is 28.7 Å². The van der Waals surface area contributed by atoms with Crippen LogP contribution in [-0.4, -0.2) is 6.54 Å². The van der Waals surface area contributed by atoms with Crippen molar-refractivity contribution in [3.8, 4) is 0 Å². The van der Waals surface area contributed by atoms with E-state index in [-0.39, 0.29) is 0 Å². The molecule has 0 fully saturated rings. The zero-order chi connectivity index (χ0) is 14.7. The molecule has 0 spiro atoms. The molecule has 1 unspecified atom stereocenters. The van der Waals surface area contributed by atoms with E-state index in [9.17, 15) is 0 Å². The number of fused-ring (bicyclic) bond motifs is 1. The van der Waals surface area contributed by atoms with Crippen molar-refractivity contribution < 1.29 is 0 Å². The highest BCUT2D eigenvalue weighted by Gasteiger charge is 2.14. The van der Waals surface area contributed by atoms with Gasteiger partial charge in [0.05, 0.1) is 0 Å². The first-order valence-corrected chi connectivity index (χ1v) is 8.59. The van der Waals surface area contributed by atoms with Gasteiger partial charge in [-0.2, -0.15) is 0 Å². The van der Waals surface area contributed by atoms with Crippen molar-refractivity contribution in [2.24, 2.45) is 11.7 Å². The number of nitrogens with two attached hydrogens (primary N) is 1. The normalized spacial score (nSPS) is 15.0.